The Hall–Kier alpha value is -1.62. The number of rotatable bonds is 7. The van der Waals surface area contributed by atoms with Gasteiger partial charge in [0, 0.05) is 19.3 Å². The largest absolute Gasteiger partial charge is 0.494 e. The first kappa shape index (κ1) is 15.4. The fourth-order valence-corrected chi connectivity index (χ4v) is 1.79. The highest BCUT2D eigenvalue weighted by molar-refractivity contribution is 5.96. The summed E-state index contributed by atoms with van der Waals surface area (Å²) in [6.45, 7) is 4.85. The highest BCUT2D eigenvalue weighted by Gasteiger charge is 2.20. The summed E-state index contributed by atoms with van der Waals surface area (Å²) >= 11 is 0. The van der Waals surface area contributed by atoms with Gasteiger partial charge in [-0.15, -0.1) is 0 Å². The number of hydrogen-bond acceptors (Lipinski definition) is 4. The third kappa shape index (κ3) is 4.87. The minimum atomic E-state index is -0.170. The van der Waals surface area contributed by atoms with Crippen LogP contribution < -0.4 is 10.1 Å². The number of carbonyl (C=O) groups is 1. The summed E-state index contributed by atoms with van der Waals surface area (Å²) in [5.74, 6) is 0.296. The van der Waals surface area contributed by atoms with Gasteiger partial charge >= 0.3 is 0 Å². The topological polar surface area (TPSA) is 71.5 Å². The SMILES string of the molecule is COc1cnccc1C(=O)NCC(C)(C)CCCO. The lowest BCUT2D eigenvalue weighted by atomic mass is 9.88. The Morgan fingerprint density at radius 1 is 1.53 bits per heavy atom. The Kier molecular flexibility index (Phi) is 5.76. The molecule has 0 aliphatic rings. The number of aliphatic hydroxyl groups excluding tert-OH is 1. The second-order valence-corrected chi connectivity index (χ2v) is 5.25. The fourth-order valence-electron chi connectivity index (χ4n) is 1.79. The average Bonchev–Trinajstić information content (AvgIpc) is 2.42. The molecule has 0 aliphatic heterocycles. The highest BCUT2D eigenvalue weighted by atomic mass is 16.5. The lowest BCUT2D eigenvalue weighted by Gasteiger charge is -2.24. The maximum Gasteiger partial charge on any atom is 0.255 e. The van der Waals surface area contributed by atoms with E-state index in [4.69, 9.17) is 9.84 Å². The summed E-state index contributed by atoms with van der Waals surface area (Å²) < 4.78 is 5.11. The first-order chi connectivity index (χ1) is 9.00. The van der Waals surface area contributed by atoms with Gasteiger partial charge in [-0.2, -0.15) is 0 Å². The molecule has 0 fully saturated rings. The molecule has 0 unspecified atom stereocenters. The number of aromatic nitrogens is 1. The summed E-state index contributed by atoms with van der Waals surface area (Å²) in [4.78, 5) is 16.0. The molecule has 2 N–H and O–H groups in total. The van der Waals surface area contributed by atoms with E-state index in [1.54, 1.807) is 12.3 Å². The molecule has 0 aromatic carbocycles. The summed E-state index contributed by atoms with van der Waals surface area (Å²) in [6.07, 6.45) is 4.68. The average molecular weight is 266 g/mol. The van der Waals surface area contributed by atoms with Crippen molar-refractivity contribution in [1.29, 1.82) is 0 Å². The van der Waals surface area contributed by atoms with E-state index in [-0.39, 0.29) is 17.9 Å². The number of pyridine rings is 1. The molecule has 0 saturated heterocycles. The minimum Gasteiger partial charge on any atom is -0.494 e. The third-order valence-electron chi connectivity index (χ3n) is 2.99. The number of carbonyl (C=O) groups excluding carboxylic acids is 1. The van der Waals surface area contributed by atoms with E-state index in [0.29, 0.717) is 17.9 Å². The molecule has 1 amide bonds. The van der Waals surface area contributed by atoms with E-state index in [1.807, 2.05) is 0 Å². The quantitative estimate of drug-likeness (QED) is 0.786. The molecule has 0 spiro atoms. The molecule has 106 valence electrons. The van der Waals surface area contributed by atoms with Crippen molar-refractivity contribution in [1.82, 2.24) is 10.3 Å². The maximum atomic E-state index is 12.1. The summed E-state index contributed by atoms with van der Waals surface area (Å²) in [6, 6.07) is 1.63. The Bertz CT molecular complexity index is 419. The van der Waals surface area contributed by atoms with Gasteiger partial charge in [-0.05, 0) is 24.3 Å². The van der Waals surface area contributed by atoms with Crippen LogP contribution in [0.3, 0.4) is 0 Å². The minimum absolute atomic E-state index is 0.0430. The second kappa shape index (κ2) is 7.09. The second-order valence-electron chi connectivity index (χ2n) is 5.25. The van der Waals surface area contributed by atoms with Gasteiger partial charge in [0.15, 0.2) is 0 Å². The molecule has 0 aliphatic carbocycles. The Morgan fingerprint density at radius 3 is 2.89 bits per heavy atom. The molecule has 0 radical (unpaired) electrons. The van der Waals surface area contributed by atoms with Crippen LogP contribution in [0.1, 0.15) is 37.0 Å². The lowest BCUT2D eigenvalue weighted by molar-refractivity contribution is 0.0929. The van der Waals surface area contributed by atoms with Crippen molar-refractivity contribution in [2.75, 3.05) is 20.3 Å². The van der Waals surface area contributed by atoms with Crippen LogP contribution in [0.15, 0.2) is 18.5 Å². The molecule has 0 bridgehead atoms. The van der Waals surface area contributed by atoms with Crippen molar-refractivity contribution in [3.8, 4) is 5.75 Å². The molecular weight excluding hydrogens is 244 g/mol. The number of nitrogens with zero attached hydrogens (tertiary/aromatic N) is 1. The number of aliphatic hydroxyl groups is 1. The molecular formula is C14H22N2O3. The van der Waals surface area contributed by atoms with E-state index in [1.165, 1.54) is 13.3 Å². The number of ether oxygens (including phenoxy) is 1. The summed E-state index contributed by atoms with van der Waals surface area (Å²) in [5, 5.41) is 11.7. The Balaban J connectivity index is 2.60. The monoisotopic (exact) mass is 266 g/mol. The van der Waals surface area contributed by atoms with Crippen molar-refractivity contribution < 1.29 is 14.6 Å². The van der Waals surface area contributed by atoms with Crippen molar-refractivity contribution in [2.45, 2.75) is 26.7 Å². The van der Waals surface area contributed by atoms with Crippen LogP contribution in [0.5, 0.6) is 5.75 Å². The van der Waals surface area contributed by atoms with Crippen LogP contribution in [0.4, 0.5) is 0 Å². The number of methoxy groups -OCH3 is 1. The molecule has 1 aromatic heterocycles. The molecule has 5 heteroatoms. The fraction of sp³-hybridized carbons (Fsp3) is 0.571. The van der Waals surface area contributed by atoms with Crippen molar-refractivity contribution in [3.63, 3.8) is 0 Å². The van der Waals surface area contributed by atoms with E-state index in [0.717, 1.165) is 12.8 Å². The van der Waals surface area contributed by atoms with Gasteiger partial charge in [0.2, 0.25) is 0 Å². The van der Waals surface area contributed by atoms with Gasteiger partial charge in [0.25, 0.3) is 5.91 Å². The summed E-state index contributed by atoms with van der Waals surface area (Å²) in [7, 11) is 1.51. The van der Waals surface area contributed by atoms with Gasteiger partial charge in [-0.1, -0.05) is 13.8 Å². The first-order valence-corrected chi connectivity index (χ1v) is 6.37. The van der Waals surface area contributed by atoms with Crippen molar-refractivity contribution in [3.05, 3.63) is 24.0 Å². The highest BCUT2D eigenvalue weighted by Crippen LogP contribution is 2.21. The van der Waals surface area contributed by atoms with Gasteiger partial charge in [0.05, 0.1) is 18.9 Å². The lowest BCUT2D eigenvalue weighted by Crippen LogP contribution is -2.34. The predicted octanol–water partition coefficient (Wildman–Crippen LogP) is 1.62. The van der Waals surface area contributed by atoms with E-state index < -0.39 is 0 Å². The van der Waals surface area contributed by atoms with E-state index in [9.17, 15) is 4.79 Å². The smallest absolute Gasteiger partial charge is 0.255 e. The van der Waals surface area contributed by atoms with E-state index in [2.05, 4.69) is 24.1 Å². The zero-order valence-corrected chi connectivity index (χ0v) is 11.8. The molecule has 19 heavy (non-hydrogen) atoms. The van der Waals surface area contributed by atoms with E-state index >= 15 is 0 Å². The molecule has 1 rings (SSSR count). The number of amides is 1. The third-order valence-corrected chi connectivity index (χ3v) is 2.99. The zero-order chi connectivity index (χ0) is 14.3. The van der Waals surface area contributed by atoms with Crippen molar-refractivity contribution in [2.24, 2.45) is 5.41 Å². The van der Waals surface area contributed by atoms with Crippen LogP contribution >= 0.6 is 0 Å². The van der Waals surface area contributed by atoms with Gasteiger partial charge in [-0.3, -0.25) is 9.78 Å². The zero-order valence-electron chi connectivity index (χ0n) is 11.8. The van der Waals surface area contributed by atoms with Crippen LogP contribution in [0.2, 0.25) is 0 Å². The molecule has 0 saturated carbocycles. The molecule has 0 atom stereocenters. The molecule has 5 nitrogen and oxygen atoms in total. The first-order valence-electron chi connectivity index (χ1n) is 6.37. The van der Waals surface area contributed by atoms with Gasteiger partial charge in [-0.25, -0.2) is 0 Å². The van der Waals surface area contributed by atoms with Crippen LogP contribution in [-0.2, 0) is 0 Å². The van der Waals surface area contributed by atoms with Crippen LogP contribution in [0, 0.1) is 5.41 Å². The Labute approximate surface area is 114 Å². The van der Waals surface area contributed by atoms with Gasteiger partial charge < -0.3 is 15.2 Å². The van der Waals surface area contributed by atoms with Gasteiger partial charge in [0.1, 0.15) is 5.75 Å². The predicted molar refractivity (Wildman–Crippen MR) is 73.2 cm³/mol. The Morgan fingerprint density at radius 2 is 2.26 bits per heavy atom. The number of nitrogens with one attached hydrogen (secondary N) is 1. The molecule has 1 heterocycles. The molecule has 1 aromatic rings. The normalized spacial score (nSPS) is 11.2. The summed E-state index contributed by atoms with van der Waals surface area (Å²) in [5.41, 5.74) is 0.439. The van der Waals surface area contributed by atoms with Crippen LogP contribution in [0.25, 0.3) is 0 Å². The van der Waals surface area contributed by atoms with Crippen LogP contribution in [-0.4, -0.2) is 36.3 Å². The standard InChI is InChI=1S/C14H22N2O3/c1-14(2,6-4-8-17)10-16-13(18)11-5-7-15-9-12(11)19-3/h5,7,9,17H,4,6,8,10H2,1-3H3,(H,16,18). The number of hydrogen-bond donors (Lipinski definition) is 2. The van der Waals surface area contributed by atoms with Crippen molar-refractivity contribution >= 4 is 5.91 Å². The maximum absolute atomic E-state index is 12.1.